The fourth-order valence-electron chi connectivity index (χ4n) is 3.90. The molecule has 0 spiro atoms. The van der Waals surface area contributed by atoms with Crippen LogP contribution >= 0.6 is 0 Å². The number of carbonyl (C=O) groups excluding carboxylic acids is 1. The first-order chi connectivity index (χ1) is 12.1. The Bertz CT molecular complexity index is 848. The van der Waals surface area contributed by atoms with Gasteiger partial charge in [-0.1, -0.05) is 12.2 Å². The Labute approximate surface area is 147 Å². The number of benzene rings is 1. The van der Waals surface area contributed by atoms with Crippen LogP contribution in [0.1, 0.15) is 41.4 Å². The van der Waals surface area contributed by atoms with Crippen LogP contribution in [0.2, 0.25) is 0 Å². The van der Waals surface area contributed by atoms with Crippen molar-refractivity contribution >= 4 is 16.8 Å². The summed E-state index contributed by atoms with van der Waals surface area (Å²) >= 11 is 0. The lowest BCUT2D eigenvalue weighted by atomic mass is 10.1. The number of aromatic nitrogens is 1. The monoisotopic (exact) mass is 340 g/mol. The molecule has 2 aromatic rings. The van der Waals surface area contributed by atoms with E-state index in [0.29, 0.717) is 6.04 Å². The largest absolute Gasteiger partial charge is 0.497 e. The summed E-state index contributed by atoms with van der Waals surface area (Å²) in [5.41, 5.74) is 2.85. The molecule has 0 saturated heterocycles. The quantitative estimate of drug-likeness (QED) is 0.823. The van der Waals surface area contributed by atoms with Crippen molar-refractivity contribution in [2.75, 3.05) is 13.7 Å². The second-order valence-electron chi connectivity index (χ2n) is 7.09. The molecule has 0 bridgehead atoms. The molecule has 5 heteroatoms. The molecule has 1 aromatic heterocycles. The molecule has 2 atom stereocenters. The first-order valence-electron chi connectivity index (χ1n) is 8.91. The van der Waals surface area contributed by atoms with Gasteiger partial charge in [0.25, 0.3) is 5.91 Å². The fourth-order valence-corrected chi connectivity index (χ4v) is 3.90. The van der Waals surface area contributed by atoms with Crippen molar-refractivity contribution in [2.45, 2.75) is 38.3 Å². The summed E-state index contributed by atoms with van der Waals surface area (Å²) < 4.78 is 7.66. The van der Waals surface area contributed by atoms with Gasteiger partial charge in [0.05, 0.1) is 12.7 Å². The van der Waals surface area contributed by atoms with Crippen molar-refractivity contribution in [1.29, 1.82) is 0 Å². The second kappa shape index (κ2) is 6.23. The maximum Gasteiger partial charge on any atom is 0.254 e. The van der Waals surface area contributed by atoms with Crippen LogP contribution in [-0.2, 0) is 0 Å². The first-order valence-corrected chi connectivity index (χ1v) is 8.91. The van der Waals surface area contributed by atoms with Crippen LogP contribution in [0.3, 0.4) is 0 Å². The maximum absolute atomic E-state index is 13.0. The molecule has 0 unspecified atom stereocenters. The minimum atomic E-state index is -0.0524. The van der Waals surface area contributed by atoms with E-state index in [1.54, 1.807) is 7.11 Å². The van der Waals surface area contributed by atoms with Crippen LogP contribution in [-0.4, -0.2) is 35.3 Å². The molecule has 25 heavy (non-hydrogen) atoms. The minimum Gasteiger partial charge on any atom is -0.497 e. The summed E-state index contributed by atoms with van der Waals surface area (Å²) in [5, 5.41) is 13.3. The van der Waals surface area contributed by atoms with Gasteiger partial charge in [-0.25, -0.2) is 0 Å². The molecule has 0 radical (unpaired) electrons. The number of methoxy groups -OCH3 is 1. The highest BCUT2D eigenvalue weighted by Crippen LogP contribution is 2.42. The standard InChI is InChI=1S/C20H24N2O3/c1-12-19(20(24)21-14-4-3-13(9-14)11-23)17-10-16(25-2)7-8-18(17)22(12)15-5-6-15/h3-4,7-8,10,13-15,23H,5-6,9,11H2,1-2H3,(H,21,24)/t13-,14+/m0/s1. The van der Waals surface area contributed by atoms with Crippen molar-refractivity contribution in [3.05, 3.63) is 41.6 Å². The van der Waals surface area contributed by atoms with E-state index in [1.807, 2.05) is 37.3 Å². The third kappa shape index (κ3) is 2.82. The van der Waals surface area contributed by atoms with E-state index in [4.69, 9.17) is 4.74 Å². The van der Waals surface area contributed by atoms with E-state index < -0.39 is 0 Å². The zero-order chi connectivity index (χ0) is 17.6. The number of fused-ring (bicyclic) bond motifs is 1. The van der Waals surface area contributed by atoms with E-state index in [0.717, 1.165) is 34.3 Å². The highest BCUT2D eigenvalue weighted by Gasteiger charge is 2.31. The summed E-state index contributed by atoms with van der Waals surface area (Å²) in [6.07, 6.45) is 7.05. The molecule has 1 aromatic carbocycles. The Morgan fingerprint density at radius 1 is 1.36 bits per heavy atom. The summed E-state index contributed by atoms with van der Waals surface area (Å²) in [7, 11) is 1.64. The van der Waals surface area contributed by atoms with Crippen LogP contribution < -0.4 is 10.1 Å². The van der Waals surface area contributed by atoms with Crippen LogP contribution in [0.15, 0.2) is 30.4 Å². The molecule has 1 saturated carbocycles. The molecule has 1 fully saturated rings. The van der Waals surface area contributed by atoms with Crippen LogP contribution in [0.5, 0.6) is 5.75 Å². The van der Waals surface area contributed by atoms with Crippen molar-refractivity contribution in [3.63, 3.8) is 0 Å². The smallest absolute Gasteiger partial charge is 0.254 e. The van der Waals surface area contributed by atoms with Crippen molar-refractivity contribution in [3.8, 4) is 5.75 Å². The molecule has 2 aliphatic carbocycles. The number of aliphatic hydroxyl groups excluding tert-OH is 1. The number of nitrogens with zero attached hydrogens (tertiary/aromatic N) is 1. The van der Waals surface area contributed by atoms with Crippen molar-refractivity contribution < 1.29 is 14.6 Å². The Morgan fingerprint density at radius 2 is 2.16 bits per heavy atom. The Kier molecular flexibility index (Phi) is 4.04. The predicted octanol–water partition coefficient (Wildman–Crippen LogP) is 2.96. The van der Waals surface area contributed by atoms with Gasteiger partial charge in [-0.2, -0.15) is 0 Å². The maximum atomic E-state index is 13.0. The topological polar surface area (TPSA) is 63.5 Å². The van der Waals surface area contributed by atoms with E-state index in [-0.39, 0.29) is 24.5 Å². The predicted molar refractivity (Wildman–Crippen MR) is 97.1 cm³/mol. The average Bonchev–Trinajstić information content (AvgIpc) is 3.26. The average molecular weight is 340 g/mol. The van der Waals surface area contributed by atoms with Gasteiger partial charge in [0, 0.05) is 41.2 Å². The minimum absolute atomic E-state index is 0.0195. The first kappa shape index (κ1) is 16.2. The summed E-state index contributed by atoms with van der Waals surface area (Å²) in [5.74, 6) is 0.846. The molecule has 1 heterocycles. The molecule has 0 aliphatic heterocycles. The number of carbonyl (C=O) groups is 1. The summed E-state index contributed by atoms with van der Waals surface area (Å²) in [6, 6.07) is 6.44. The van der Waals surface area contributed by atoms with Crippen LogP contribution in [0, 0.1) is 12.8 Å². The number of ether oxygens (including phenoxy) is 1. The lowest BCUT2D eigenvalue weighted by molar-refractivity contribution is 0.0942. The third-order valence-corrected chi connectivity index (χ3v) is 5.32. The molecule has 4 rings (SSSR count). The lowest BCUT2D eigenvalue weighted by Gasteiger charge is -2.13. The molecule has 2 aliphatic rings. The van der Waals surface area contributed by atoms with E-state index in [1.165, 1.54) is 12.8 Å². The second-order valence-corrected chi connectivity index (χ2v) is 7.09. The summed E-state index contributed by atoms with van der Waals surface area (Å²) in [4.78, 5) is 13.0. The van der Waals surface area contributed by atoms with Gasteiger partial charge in [0.2, 0.25) is 0 Å². The third-order valence-electron chi connectivity index (χ3n) is 5.32. The molecule has 1 amide bonds. The molecule has 2 N–H and O–H groups in total. The van der Waals surface area contributed by atoms with Gasteiger partial charge >= 0.3 is 0 Å². The van der Waals surface area contributed by atoms with Gasteiger partial charge in [0.1, 0.15) is 5.75 Å². The van der Waals surface area contributed by atoms with E-state index >= 15 is 0 Å². The number of hydrogen-bond donors (Lipinski definition) is 2. The Morgan fingerprint density at radius 3 is 2.80 bits per heavy atom. The Hall–Kier alpha value is -2.27. The Balaban J connectivity index is 1.71. The SMILES string of the molecule is COc1ccc2c(c1)c(C(=O)N[C@@H]1C=C[C@H](CO)C1)c(C)n2C1CC1. The normalized spacial score (nSPS) is 22.5. The number of rotatable bonds is 5. The van der Waals surface area contributed by atoms with Crippen LogP contribution in [0.4, 0.5) is 0 Å². The number of aliphatic hydroxyl groups is 1. The highest BCUT2D eigenvalue weighted by molar-refractivity contribution is 6.09. The zero-order valence-corrected chi connectivity index (χ0v) is 14.7. The number of amides is 1. The summed E-state index contributed by atoms with van der Waals surface area (Å²) in [6.45, 7) is 2.15. The highest BCUT2D eigenvalue weighted by atomic mass is 16.5. The molecular formula is C20H24N2O3. The van der Waals surface area contributed by atoms with Crippen molar-refractivity contribution in [1.82, 2.24) is 9.88 Å². The van der Waals surface area contributed by atoms with Gasteiger partial charge in [-0.05, 0) is 44.4 Å². The van der Waals surface area contributed by atoms with Gasteiger partial charge in [0.15, 0.2) is 0 Å². The molecule has 5 nitrogen and oxygen atoms in total. The van der Waals surface area contributed by atoms with E-state index in [2.05, 4.69) is 9.88 Å². The fraction of sp³-hybridized carbons (Fsp3) is 0.450. The van der Waals surface area contributed by atoms with Crippen LogP contribution in [0.25, 0.3) is 10.9 Å². The van der Waals surface area contributed by atoms with E-state index in [9.17, 15) is 9.90 Å². The molecule has 132 valence electrons. The molecular weight excluding hydrogens is 316 g/mol. The number of hydrogen-bond acceptors (Lipinski definition) is 3. The van der Waals surface area contributed by atoms with Gasteiger partial charge < -0.3 is 19.7 Å². The lowest BCUT2D eigenvalue weighted by Crippen LogP contribution is -2.33. The van der Waals surface area contributed by atoms with Crippen molar-refractivity contribution in [2.24, 2.45) is 5.92 Å². The zero-order valence-electron chi connectivity index (χ0n) is 14.7. The number of nitrogens with one attached hydrogen (secondary N) is 1. The van der Waals surface area contributed by atoms with Gasteiger partial charge in [-0.15, -0.1) is 0 Å². The van der Waals surface area contributed by atoms with Gasteiger partial charge in [-0.3, -0.25) is 4.79 Å².